The second kappa shape index (κ2) is 6.66. The molecule has 2 rings (SSSR count). The van der Waals surface area contributed by atoms with Gasteiger partial charge in [0.15, 0.2) is 0 Å². The van der Waals surface area contributed by atoms with E-state index in [0.717, 1.165) is 0 Å². The van der Waals surface area contributed by atoms with E-state index in [1.54, 1.807) is 20.8 Å². The molecule has 1 heterocycles. The quantitative estimate of drug-likeness (QED) is 0.460. The van der Waals surface area contributed by atoms with Gasteiger partial charge in [0.05, 0.1) is 16.5 Å². The van der Waals surface area contributed by atoms with E-state index >= 15 is 0 Å². The Bertz CT molecular complexity index is 693. The molecule has 0 aliphatic heterocycles. The predicted octanol–water partition coefficient (Wildman–Crippen LogP) is 4.61. The van der Waals surface area contributed by atoms with Gasteiger partial charge in [-0.1, -0.05) is 17.3 Å². The fourth-order valence-corrected chi connectivity index (χ4v) is 2.77. The molecular weight excluding hydrogens is 331 g/mol. The third-order valence-electron chi connectivity index (χ3n) is 3.16. The topological polar surface area (TPSA) is 52.3 Å². The summed E-state index contributed by atoms with van der Waals surface area (Å²) in [4.78, 5) is 12.1. The van der Waals surface area contributed by atoms with Crippen LogP contribution in [0.15, 0.2) is 33.7 Å². The van der Waals surface area contributed by atoms with E-state index in [4.69, 9.17) is 9.26 Å². The number of carbonyl (C=O) groups is 1. The number of hydrogen-bond acceptors (Lipinski definition) is 5. The molecule has 8 heteroatoms. The summed E-state index contributed by atoms with van der Waals surface area (Å²) in [7, 11) is 0. The molecule has 0 amide bonds. The smallest absolute Gasteiger partial charge is 0.425 e. The van der Waals surface area contributed by atoms with Gasteiger partial charge in [0.2, 0.25) is 0 Å². The minimum atomic E-state index is -4.46. The molecule has 0 saturated heterocycles. The maximum absolute atomic E-state index is 12.5. The highest BCUT2D eigenvalue weighted by Crippen LogP contribution is 2.41. The zero-order valence-corrected chi connectivity index (χ0v) is 13.4. The average Bonchev–Trinajstić information content (AvgIpc) is 2.78. The summed E-state index contributed by atoms with van der Waals surface area (Å²) in [6.45, 7) is 4.93. The van der Waals surface area contributed by atoms with E-state index in [9.17, 15) is 18.0 Å². The van der Waals surface area contributed by atoms with E-state index in [-0.39, 0.29) is 22.4 Å². The first kappa shape index (κ1) is 17.4. The molecule has 1 aromatic carbocycles. The maximum Gasteiger partial charge on any atom is 0.446 e. The van der Waals surface area contributed by atoms with Gasteiger partial charge in [-0.2, -0.15) is 13.2 Å². The number of halogens is 3. The van der Waals surface area contributed by atoms with Gasteiger partial charge in [-0.05, 0) is 44.7 Å². The third-order valence-corrected chi connectivity index (χ3v) is 3.95. The van der Waals surface area contributed by atoms with E-state index in [0.29, 0.717) is 17.0 Å². The highest BCUT2D eigenvalue weighted by molar-refractivity contribution is 8.00. The molecule has 2 aromatic rings. The number of esters is 1. The molecule has 0 aliphatic rings. The van der Waals surface area contributed by atoms with E-state index < -0.39 is 17.4 Å². The first-order valence-corrected chi connectivity index (χ1v) is 7.50. The Kier molecular flexibility index (Phi) is 5.03. The van der Waals surface area contributed by atoms with Crippen LogP contribution < -0.4 is 4.74 Å². The lowest BCUT2D eigenvalue weighted by molar-refractivity contribution is -0.135. The number of aromatic nitrogens is 1. The van der Waals surface area contributed by atoms with Crippen molar-refractivity contribution in [3.63, 3.8) is 0 Å². The molecule has 0 radical (unpaired) electrons. The molecule has 0 aliphatic carbocycles. The van der Waals surface area contributed by atoms with Crippen LogP contribution in [-0.4, -0.2) is 16.6 Å². The number of aryl methyl sites for hydroxylation is 2. The van der Waals surface area contributed by atoms with Crippen LogP contribution in [0.2, 0.25) is 0 Å². The second-order valence-electron chi connectivity index (χ2n) is 4.88. The molecule has 0 bridgehead atoms. The molecule has 0 saturated carbocycles. The lowest BCUT2D eigenvalue weighted by atomic mass is 10.00. The molecule has 0 N–H and O–H groups in total. The molecule has 0 unspecified atom stereocenters. The van der Waals surface area contributed by atoms with Crippen LogP contribution in [-0.2, 0) is 4.79 Å². The number of ether oxygens (including phenoxy) is 1. The minimum absolute atomic E-state index is 0.126. The van der Waals surface area contributed by atoms with E-state index in [1.165, 1.54) is 24.3 Å². The van der Waals surface area contributed by atoms with Gasteiger partial charge in [-0.25, -0.2) is 0 Å². The molecule has 4 nitrogen and oxygen atoms in total. The van der Waals surface area contributed by atoms with Crippen molar-refractivity contribution in [2.75, 3.05) is 0 Å². The predicted molar refractivity (Wildman–Crippen MR) is 78.4 cm³/mol. The van der Waals surface area contributed by atoms with Gasteiger partial charge >= 0.3 is 11.5 Å². The molecule has 124 valence electrons. The first-order valence-electron chi connectivity index (χ1n) is 6.68. The molecule has 0 spiro atoms. The van der Waals surface area contributed by atoms with Crippen molar-refractivity contribution >= 4 is 17.7 Å². The summed E-state index contributed by atoms with van der Waals surface area (Å²) in [5.41, 5.74) is -3.34. The van der Waals surface area contributed by atoms with E-state index in [1.807, 2.05) is 0 Å². The van der Waals surface area contributed by atoms with Crippen LogP contribution in [0.4, 0.5) is 13.2 Å². The van der Waals surface area contributed by atoms with Gasteiger partial charge in [0.1, 0.15) is 11.5 Å². The van der Waals surface area contributed by atoms with Crippen molar-refractivity contribution in [3.8, 4) is 5.75 Å². The average molecular weight is 345 g/mol. The number of nitrogens with zero attached hydrogens (tertiary/aromatic N) is 1. The van der Waals surface area contributed by atoms with Crippen molar-refractivity contribution in [1.82, 2.24) is 5.16 Å². The Morgan fingerprint density at radius 1 is 1.30 bits per heavy atom. The zero-order valence-electron chi connectivity index (χ0n) is 12.6. The summed E-state index contributed by atoms with van der Waals surface area (Å²) < 4.78 is 47.8. The summed E-state index contributed by atoms with van der Waals surface area (Å²) >= 11 is -0.323. The minimum Gasteiger partial charge on any atom is -0.425 e. The number of rotatable bonds is 4. The normalized spacial score (nSPS) is 13.0. The number of carbonyl (C=O) groups excluding carboxylic acids is 1. The third kappa shape index (κ3) is 4.28. The maximum atomic E-state index is 12.5. The molecule has 23 heavy (non-hydrogen) atoms. The van der Waals surface area contributed by atoms with E-state index in [2.05, 4.69) is 5.16 Å². The monoisotopic (exact) mass is 345 g/mol. The van der Waals surface area contributed by atoms with Gasteiger partial charge in [0.25, 0.3) is 0 Å². The highest BCUT2D eigenvalue weighted by Gasteiger charge is 2.32. The Balaban J connectivity index is 2.21. The molecule has 1 aromatic heterocycles. The van der Waals surface area contributed by atoms with Crippen molar-refractivity contribution < 1.29 is 27.2 Å². The van der Waals surface area contributed by atoms with Gasteiger partial charge in [-0.3, -0.25) is 4.79 Å². The highest BCUT2D eigenvalue weighted by atomic mass is 32.2. The fourth-order valence-electron chi connectivity index (χ4n) is 2.17. The van der Waals surface area contributed by atoms with Gasteiger partial charge in [0, 0.05) is 5.56 Å². The Hall–Kier alpha value is -1.96. The number of benzene rings is 1. The summed E-state index contributed by atoms with van der Waals surface area (Å²) in [5.74, 6) is -1.02. The van der Waals surface area contributed by atoms with Crippen molar-refractivity contribution in [1.29, 1.82) is 0 Å². The van der Waals surface area contributed by atoms with Crippen LogP contribution in [0.25, 0.3) is 0 Å². The number of hydrogen-bond donors (Lipinski definition) is 0. The lowest BCUT2D eigenvalue weighted by Crippen LogP contribution is -2.17. The second-order valence-corrected chi connectivity index (χ2v) is 5.98. The van der Waals surface area contributed by atoms with Crippen molar-refractivity contribution in [3.05, 3.63) is 41.3 Å². The van der Waals surface area contributed by atoms with Crippen LogP contribution >= 0.6 is 11.8 Å². The number of para-hydroxylation sites is 1. The first-order chi connectivity index (χ1) is 10.7. The zero-order chi connectivity index (χ0) is 17.2. The van der Waals surface area contributed by atoms with Crippen molar-refractivity contribution in [2.45, 2.75) is 37.1 Å². The standard InChI is InChI=1S/C15H14F3NO3S/c1-8(13-9(2)19-22-10(13)3)14(20)21-11-6-4-5-7-12(11)23-15(16,17)18/h4-8H,1-3H3/t8-/m1/s1. The van der Waals surface area contributed by atoms with Crippen LogP contribution in [0, 0.1) is 13.8 Å². The molecule has 0 fully saturated rings. The Morgan fingerprint density at radius 3 is 2.52 bits per heavy atom. The number of thioether (sulfide) groups is 1. The van der Waals surface area contributed by atoms with Gasteiger partial charge in [-0.15, -0.1) is 0 Å². The Morgan fingerprint density at radius 2 is 1.96 bits per heavy atom. The molecular formula is C15H14F3NO3S. The Labute approximate surface area is 135 Å². The molecule has 1 atom stereocenters. The van der Waals surface area contributed by atoms with Gasteiger partial charge < -0.3 is 9.26 Å². The summed E-state index contributed by atoms with van der Waals surface area (Å²) in [6.07, 6.45) is 0. The SMILES string of the molecule is Cc1noc(C)c1[C@@H](C)C(=O)Oc1ccccc1SC(F)(F)F. The van der Waals surface area contributed by atoms with Crippen LogP contribution in [0.5, 0.6) is 5.75 Å². The summed E-state index contributed by atoms with van der Waals surface area (Å²) in [5, 5.41) is 3.76. The lowest BCUT2D eigenvalue weighted by Gasteiger charge is -2.14. The van der Waals surface area contributed by atoms with Crippen LogP contribution in [0.3, 0.4) is 0 Å². The number of alkyl halides is 3. The van der Waals surface area contributed by atoms with Crippen LogP contribution in [0.1, 0.15) is 29.9 Å². The largest absolute Gasteiger partial charge is 0.446 e. The fraction of sp³-hybridized carbons (Fsp3) is 0.333. The van der Waals surface area contributed by atoms with Crippen molar-refractivity contribution in [2.24, 2.45) is 0 Å². The summed E-state index contributed by atoms with van der Waals surface area (Å²) in [6, 6.07) is 5.53.